The van der Waals surface area contributed by atoms with E-state index in [1.807, 2.05) is 6.92 Å². The SMILES string of the molecule is CCC(COC)NC(=O)CCNC1CC1. The number of hydrogen-bond donors (Lipinski definition) is 2. The molecule has 0 saturated heterocycles. The van der Waals surface area contributed by atoms with Crippen LogP contribution in [0.2, 0.25) is 0 Å². The van der Waals surface area contributed by atoms with Crippen LogP contribution in [-0.2, 0) is 9.53 Å². The highest BCUT2D eigenvalue weighted by molar-refractivity contribution is 5.76. The van der Waals surface area contributed by atoms with Gasteiger partial charge in [0.2, 0.25) is 5.91 Å². The molecule has 1 atom stereocenters. The fourth-order valence-corrected chi connectivity index (χ4v) is 1.44. The Balaban J connectivity index is 2.03. The minimum Gasteiger partial charge on any atom is -0.383 e. The molecule has 1 amide bonds. The highest BCUT2D eigenvalue weighted by Crippen LogP contribution is 2.18. The number of ether oxygens (including phenoxy) is 1. The summed E-state index contributed by atoms with van der Waals surface area (Å²) in [7, 11) is 1.66. The zero-order valence-electron chi connectivity index (χ0n) is 9.71. The van der Waals surface area contributed by atoms with Crippen LogP contribution in [-0.4, -0.2) is 38.3 Å². The maximum absolute atomic E-state index is 11.5. The quantitative estimate of drug-likeness (QED) is 0.624. The molecule has 1 rings (SSSR count). The second-order valence-electron chi connectivity index (χ2n) is 4.11. The molecule has 1 fully saturated rings. The van der Waals surface area contributed by atoms with Crippen molar-refractivity contribution in [3.8, 4) is 0 Å². The number of carbonyl (C=O) groups excluding carboxylic acids is 1. The van der Waals surface area contributed by atoms with Crippen molar-refractivity contribution in [2.24, 2.45) is 0 Å². The molecule has 0 aromatic carbocycles. The minimum atomic E-state index is 0.118. The van der Waals surface area contributed by atoms with Crippen LogP contribution in [0.3, 0.4) is 0 Å². The second-order valence-corrected chi connectivity index (χ2v) is 4.11. The largest absolute Gasteiger partial charge is 0.383 e. The fourth-order valence-electron chi connectivity index (χ4n) is 1.44. The monoisotopic (exact) mass is 214 g/mol. The molecule has 0 aromatic heterocycles. The van der Waals surface area contributed by atoms with Crippen molar-refractivity contribution in [1.29, 1.82) is 0 Å². The number of nitrogens with one attached hydrogen (secondary N) is 2. The first-order chi connectivity index (χ1) is 7.26. The number of amides is 1. The van der Waals surface area contributed by atoms with Crippen LogP contribution in [0.25, 0.3) is 0 Å². The smallest absolute Gasteiger partial charge is 0.221 e. The van der Waals surface area contributed by atoms with Crippen molar-refractivity contribution in [1.82, 2.24) is 10.6 Å². The molecule has 0 aliphatic heterocycles. The Labute approximate surface area is 91.8 Å². The standard InChI is InChI=1S/C11H22N2O2/c1-3-9(8-15-2)13-11(14)6-7-12-10-4-5-10/h9-10,12H,3-8H2,1-2H3,(H,13,14). The molecular formula is C11H22N2O2. The lowest BCUT2D eigenvalue weighted by molar-refractivity contribution is -0.122. The molecule has 0 bridgehead atoms. The zero-order valence-corrected chi connectivity index (χ0v) is 9.71. The van der Waals surface area contributed by atoms with Crippen LogP contribution in [0.4, 0.5) is 0 Å². The van der Waals surface area contributed by atoms with E-state index in [9.17, 15) is 4.79 Å². The van der Waals surface area contributed by atoms with Crippen LogP contribution < -0.4 is 10.6 Å². The highest BCUT2D eigenvalue weighted by atomic mass is 16.5. The molecule has 0 aromatic rings. The van der Waals surface area contributed by atoms with E-state index in [0.29, 0.717) is 19.1 Å². The topological polar surface area (TPSA) is 50.4 Å². The maximum atomic E-state index is 11.5. The van der Waals surface area contributed by atoms with Gasteiger partial charge in [-0.05, 0) is 19.3 Å². The van der Waals surface area contributed by atoms with Gasteiger partial charge < -0.3 is 15.4 Å². The fraction of sp³-hybridized carbons (Fsp3) is 0.909. The normalized spacial score (nSPS) is 17.5. The third kappa shape index (κ3) is 5.74. The minimum absolute atomic E-state index is 0.118. The molecule has 1 aliphatic carbocycles. The Kier molecular flexibility index (Phi) is 5.65. The molecule has 0 heterocycles. The van der Waals surface area contributed by atoms with Gasteiger partial charge in [-0.2, -0.15) is 0 Å². The van der Waals surface area contributed by atoms with Crippen molar-refractivity contribution in [2.75, 3.05) is 20.3 Å². The van der Waals surface area contributed by atoms with E-state index in [4.69, 9.17) is 4.74 Å². The van der Waals surface area contributed by atoms with Gasteiger partial charge in [0.25, 0.3) is 0 Å². The van der Waals surface area contributed by atoms with Crippen molar-refractivity contribution >= 4 is 5.91 Å². The van der Waals surface area contributed by atoms with Gasteiger partial charge in [-0.25, -0.2) is 0 Å². The lowest BCUT2D eigenvalue weighted by Crippen LogP contribution is -2.38. The highest BCUT2D eigenvalue weighted by Gasteiger charge is 2.20. The summed E-state index contributed by atoms with van der Waals surface area (Å²) in [5.41, 5.74) is 0. The summed E-state index contributed by atoms with van der Waals surface area (Å²) in [6.45, 7) is 3.44. The second kappa shape index (κ2) is 6.80. The van der Waals surface area contributed by atoms with E-state index in [-0.39, 0.29) is 11.9 Å². The third-order valence-corrected chi connectivity index (χ3v) is 2.59. The molecule has 4 nitrogen and oxygen atoms in total. The number of hydrogen-bond acceptors (Lipinski definition) is 3. The molecule has 15 heavy (non-hydrogen) atoms. The Bertz CT molecular complexity index is 193. The van der Waals surface area contributed by atoms with Crippen molar-refractivity contribution in [3.05, 3.63) is 0 Å². The molecule has 0 radical (unpaired) electrons. The number of rotatable bonds is 8. The van der Waals surface area contributed by atoms with E-state index < -0.39 is 0 Å². The van der Waals surface area contributed by atoms with E-state index in [0.717, 1.165) is 13.0 Å². The Hall–Kier alpha value is -0.610. The maximum Gasteiger partial charge on any atom is 0.221 e. The summed E-state index contributed by atoms with van der Waals surface area (Å²) < 4.78 is 5.02. The first-order valence-corrected chi connectivity index (χ1v) is 5.78. The summed E-state index contributed by atoms with van der Waals surface area (Å²) in [5, 5.41) is 6.28. The summed E-state index contributed by atoms with van der Waals surface area (Å²) in [5.74, 6) is 0.118. The van der Waals surface area contributed by atoms with Crippen LogP contribution in [0, 0.1) is 0 Å². The number of carbonyl (C=O) groups is 1. The summed E-state index contributed by atoms with van der Waals surface area (Å²) in [6, 6.07) is 0.835. The van der Waals surface area contributed by atoms with Crippen LogP contribution in [0.5, 0.6) is 0 Å². The van der Waals surface area contributed by atoms with Crippen LogP contribution in [0.15, 0.2) is 0 Å². The molecular weight excluding hydrogens is 192 g/mol. The van der Waals surface area contributed by atoms with Gasteiger partial charge in [0.05, 0.1) is 12.6 Å². The predicted molar refractivity (Wildman–Crippen MR) is 59.7 cm³/mol. The van der Waals surface area contributed by atoms with E-state index in [1.54, 1.807) is 7.11 Å². The first kappa shape index (κ1) is 12.5. The Morgan fingerprint density at radius 1 is 1.53 bits per heavy atom. The molecule has 88 valence electrons. The van der Waals surface area contributed by atoms with Crippen LogP contribution in [0.1, 0.15) is 32.6 Å². The first-order valence-electron chi connectivity index (χ1n) is 5.78. The molecule has 1 saturated carbocycles. The number of methoxy groups -OCH3 is 1. The summed E-state index contributed by atoms with van der Waals surface area (Å²) in [6.07, 6.45) is 4.01. The molecule has 4 heteroatoms. The van der Waals surface area contributed by atoms with Crippen molar-refractivity contribution < 1.29 is 9.53 Å². The average Bonchev–Trinajstić information content (AvgIpc) is 3.01. The predicted octanol–water partition coefficient (Wildman–Crippen LogP) is 0.670. The Morgan fingerprint density at radius 2 is 2.27 bits per heavy atom. The Morgan fingerprint density at radius 3 is 2.80 bits per heavy atom. The lowest BCUT2D eigenvalue weighted by Gasteiger charge is -2.15. The van der Waals surface area contributed by atoms with E-state index >= 15 is 0 Å². The zero-order chi connectivity index (χ0) is 11.1. The summed E-state index contributed by atoms with van der Waals surface area (Å²) >= 11 is 0. The van der Waals surface area contributed by atoms with Gasteiger partial charge in [-0.3, -0.25) is 4.79 Å². The van der Waals surface area contributed by atoms with Gasteiger partial charge in [0.1, 0.15) is 0 Å². The third-order valence-electron chi connectivity index (χ3n) is 2.59. The van der Waals surface area contributed by atoms with Gasteiger partial charge >= 0.3 is 0 Å². The van der Waals surface area contributed by atoms with Gasteiger partial charge in [-0.15, -0.1) is 0 Å². The lowest BCUT2D eigenvalue weighted by atomic mass is 10.2. The van der Waals surface area contributed by atoms with E-state index in [2.05, 4.69) is 10.6 Å². The molecule has 1 unspecified atom stereocenters. The van der Waals surface area contributed by atoms with Crippen molar-refractivity contribution in [2.45, 2.75) is 44.7 Å². The summed E-state index contributed by atoms with van der Waals surface area (Å²) in [4.78, 5) is 11.5. The van der Waals surface area contributed by atoms with Crippen LogP contribution >= 0.6 is 0 Å². The average molecular weight is 214 g/mol. The van der Waals surface area contributed by atoms with E-state index in [1.165, 1.54) is 12.8 Å². The molecule has 0 spiro atoms. The van der Waals surface area contributed by atoms with Crippen molar-refractivity contribution in [3.63, 3.8) is 0 Å². The van der Waals surface area contributed by atoms with Gasteiger partial charge in [0, 0.05) is 26.1 Å². The van der Waals surface area contributed by atoms with Gasteiger partial charge in [0.15, 0.2) is 0 Å². The van der Waals surface area contributed by atoms with Gasteiger partial charge in [-0.1, -0.05) is 6.92 Å². The molecule has 2 N–H and O–H groups in total. The molecule has 1 aliphatic rings.